The minimum atomic E-state index is -1.99. The van der Waals surface area contributed by atoms with Gasteiger partial charge in [-0.25, -0.2) is 0 Å². The van der Waals surface area contributed by atoms with E-state index in [1.54, 1.807) is 9.77 Å². The number of hydrogen-bond acceptors (Lipinski definition) is 4. The van der Waals surface area contributed by atoms with Crippen LogP contribution in [0.2, 0.25) is 39.3 Å². The number of allylic oxidation sites excluding steroid dienone is 6. The smallest absolute Gasteiger partial charge is 1.00 e. The summed E-state index contributed by atoms with van der Waals surface area (Å²) in [5.41, 5.74) is 0. The van der Waals surface area contributed by atoms with Crippen molar-refractivity contribution in [2.75, 3.05) is 13.6 Å². The first-order valence-corrected chi connectivity index (χ1v) is 20.5. The normalized spacial score (nSPS) is 15.6. The first kappa shape index (κ1) is 30.2. The van der Waals surface area contributed by atoms with Crippen molar-refractivity contribution in [3.63, 3.8) is 0 Å². The third-order valence-corrected chi connectivity index (χ3v) is 13.6. The van der Waals surface area contributed by atoms with Crippen molar-refractivity contribution in [1.29, 1.82) is 0 Å². The molecule has 0 unspecified atom stereocenters. The van der Waals surface area contributed by atoms with Gasteiger partial charge < -0.3 is 24.8 Å². The van der Waals surface area contributed by atoms with Crippen molar-refractivity contribution in [3.05, 3.63) is 42.4 Å². The minimum absolute atomic E-state index is 0. The first-order chi connectivity index (χ1) is 12.9. The van der Waals surface area contributed by atoms with Crippen LogP contribution in [0, 0.1) is 0 Å². The zero-order valence-corrected chi connectivity index (χ0v) is 25.5. The van der Waals surface area contributed by atoms with Gasteiger partial charge in [0, 0.05) is 0 Å². The van der Waals surface area contributed by atoms with Gasteiger partial charge in [-0.15, -0.1) is 0 Å². The molecule has 0 spiro atoms. The second kappa shape index (κ2) is 13.1. The van der Waals surface area contributed by atoms with Gasteiger partial charge in [-0.2, -0.15) is 0 Å². The van der Waals surface area contributed by atoms with E-state index in [0.717, 1.165) is 24.4 Å². The van der Waals surface area contributed by atoms with Crippen molar-refractivity contribution in [2.24, 2.45) is 0 Å². The minimum Gasteiger partial charge on any atom is -1.00 e. The standard InChI is InChI=1S/2C9H15O2Si.C3H6.2ClH.Zr/c2*1-12(2,3)11-8-10-9-6-4-5-7-9;1-3-2;;;/h2*6-7H,4,8H2,1-3H3;1-2H3;2*1H;/q;;;;;+2/p-2. The molecule has 2 aliphatic carbocycles. The zero-order chi connectivity index (χ0) is 20.9. The average Bonchev–Trinajstić information content (AvgIpc) is 3.15. The molecule has 0 aliphatic heterocycles. The molecule has 0 saturated carbocycles. The van der Waals surface area contributed by atoms with Gasteiger partial charge in [0.2, 0.25) is 0 Å². The van der Waals surface area contributed by atoms with E-state index in [4.69, 9.17) is 18.3 Å². The van der Waals surface area contributed by atoms with Gasteiger partial charge in [0.15, 0.2) is 0 Å². The molecule has 0 saturated heterocycles. The number of ether oxygens (including phenoxy) is 2. The molecule has 4 nitrogen and oxygen atoms in total. The molecule has 30 heavy (non-hydrogen) atoms. The van der Waals surface area contributed by atoms with Crippen molar-refractivity contribution < 1.29 is 64.4 Å². The van der Waals surface area contributed by atoms with E-state index in [-0.39, 0.29) is 24.8 Å². The fourth-order valence-electron chi connectivity index (χ4n) is 2.95. The third-order valence-electron chi connectivity index (χ3n) is 4.26. The van der Waals surface area contributed by atoms with Crippen LogP contribution in [-0.4, -0.2) is 33.4 Å². The Hall–Kier alpha value is 0.247. The first-order valence-electron chi connectivity index (χ1n) is 9.98. The zero-order valence-electron chi connectivity index (χ0n) is 19.5. The Bertz CT molecular complexity index is 685. The van der Waals surface area contributed by atoms with Crippen LogP contribution in [0.15, 0.2) is 42.4 Å². The second-order valence-corrected chi connectivity index (χ2v) is 25.9. The van der Waals surface area contributed by atoms with Crippen molar-refractivity contribution >= 4 is 19.8 Å². The quantitative estimate of drug-likeness (QED) is 0.270. The largest absolute Gasteiger partial charge is 1.00 e. The van der Waals surface area contributed by atoms with E-state index >= 15 is 0 Å². The fourth-order valence-corrected chi connectivity index (χ4v) is 10.9. The van der Waals surface area contributed by atoms with Gasteiger partial charge in [0.1, 0.15) is 0 Å². The van der Waals surface area contributed by atoms with Crippen LogP contribution < -0.4 is 24.8 Å². The predicted molar refractivity (Wildman–Crippen MR) is 119 cm³/mol. The van der Waals surface area contributed by atoms with E-state index in [1.807, 2.05) is 0 Å². The molecule has 0 bridgehead atoms. The molecule has 2 aliphatic rings. The summed E-state index contributed by atoms with van der Waals surface area (Å²) in [7, 11) is -3.08. The van der Waals surface area contributed by atoms with Gasteiger partial charge >= 0.3 is 181 Å². The van der Waals surface area contributed by atoms with Crippen molar-refractivity contribution in [2.45, 2.75) is 66.0 Å². The topological polar surface area (TPSA) is 36.9 Å². The Labute approximate surface area is 205 Å². The van der Waals surface area contributed by atoms with Crippen LogP contribution in [-0.2, 0) is 39.6 Å². The van der Waals surface area contributed by atoms with Crippen LogP contribution in [0.3, 0.4) is 0 Å². The van der Waals surface area contributed by atoms with E-state index in [1.165, 1.54) is 0 Å². The van der Waals surface area contributed by atoms with Crippen LogP contribution in [0.25, 0.3) is 0 Å². The maximum absolute atomic E-state index is 5.86. The Morgan fingerprint density at radius 2 is 1.13 bits per heavy atom. The molecule has 2 rings (SSSR count). The molecular formula is C21H36Cl2O4Si2Zr. The summed E-state index contributed by atoms with van der Waals surface area (Å²) in [6, 6.07) is 0. The summed E-state index contributed by atoms with van der Waals surface area (Å²) in [6.07, 6.45) is 11.0. The van der Waals surface area contributed by atoms with Gasteiger partial charge in [-0.05, 0) is 0 Å². The van der Waals surface area contributed by atoms with Crippen LogP contribution >= 0.6 is 0 Å². The van der Waals surface area contributed by atoms with Crippen molar-refractivity contribution in [3.8, 4) is 0 Å². The molecule has 0 aromatic carbocycles. The van der Waals surface area contributed by atoms with Crippen molar-refractivity contribution in [1.82, 2.24) is 0 Å². The molecule has 0 heterocycles. The summed E-state index contributed by atoms with van der Waals surface area (Å²) in [6.45, 7) is 18.4. The average molecular weight is 571 g/mol. The van der Waals surface area contributed by atoms with Crippen LogP contribution in [0.1, 0.15) is 26.7 Å². The Morgan fingerprint density at radius 3 is 1.43 bits per heavy atom. The second-order valence-electron chi connectivity index (χ2n) is 9.37. The molecule has 0 N–H and O–H groups in total. The molecule has 170 valence electrons. The summed E-state index contributed by atoms with van der Waals surface area (Å²) in [5.74, 6) is 1.94. The molecule has 0 aromatic rings. The summed E-state index contributed by atoms with van der Waals surface area (Å²) in [4.78, 5) is 0. The molecule has 0 atom stereocenters. The van der Waals surface area contributed by atoms with Gasteiger partial charge in [0.25, 0.3) is 0 Å². The van der Waals surface area contributed by atoms with Gasteiger partial charge in [-0.1, -0.05) is 0 Å². The molecule has 0 fully saturated rings. The Kier molecular flexibility index (Phi) is 13.2. The Morgan fingerprint density at radius 1 is 0.767 bits per heavy atom. The predicted octanol–water partition coefficient (Wildman–Crippen LogP) is -0.181. The van der Waals surface area contributed by atoms with E-state index < -0.39 is 37.9 Å². The summed E-state index contributed by atoms with van der Waals surface area (Å²) >= 11 is -1.99. The monoisotopic (exact) mass is 568 g/mol. The number of halogens is 2. The summed E-state index contributed by atoms with van der Waals surface area (Å²) < 4.78 is 28.1. The van der Waals surface area contributed by atoms with Crippen LogP contribution in [0.4, 0.5) is 0 Å². The molecule has 0 radical (unpaired) electrons. The van der Waals surface area contributed by atoms with E-state index in [2.05, 4.69) is 77.4 Å². The van der Waals surface area contributed by atoms with E-state index in [9.17, 15) is 0 Å². The maximum atomic E-state index is 5.86. The number of rotatable bonds is 10. The maximum Gasteiger partial charge on any atom is -1.00 e. The van der Waals surface area contributed by atoms with E-state index in [0.29, 0.717) is 13.6 Å². The van der Waals surface area contributed by atoms with Crippen LogP contribution in [0.5, 0.6) is 0 Å². The molecular weight excluding hydrogens is 535 g/mol. The van der Waals surface area contributed by atoms with Gasteiger partial charge in [0.05, 0.1) is 0 Å². The van der Waals surface area contributed by atoms with Gasteiger partial charge in [-0.3, -0.25) is 0 Å². The number of hydrogen-bond donors (Lipinski definition) is 0. The molecule has 9 heteroatoms. The SMILES string of the molecule is C[C](C)=[Zr+2]([C]1=CC(OCO[Si](C)(C)C)=CC1)[C]1=CC(OCO[Si](C)(C)C)=CC1.[Cl-].[Cl-]. The fraction of sp³-hybridized carbons (Fsp3) is 0.571. The molecule has 0 amide bonds. The summed E-state index contributed by atoms with van der Waals surface area (Å²) in [5, 5.41) is 0. The Balaban J connectivity index is 0.00000420. The molecule has 0 aromatic heterocycles. The third kappa shape index (κ3) is 10.7.